The minimum atomic E-state index is -0.992. The van der Waals surface area contributed by atoms with Crippen molar-refractivity contribution in [3.8, 4) is 17.2 Å². The predicted octanol–water partition coefficient (Wildman–Crippen LogP) is 2.39. The van der Waals surface area contributed by atoms with Crippen molar-refractivity contribution >= 4 is 11.9 Å². The van der Waals surface area contributed by atoms with Crippen LogP contribution in [0.1, 0.15) is 15.9 Å². The first kappa shape index (κ1) is 20.1. The number of ether oxygens (including phenoxy) is 3. The van der Waals surface area contributed by atoms with Gasteiger partial charge in [-0.05, 0) is 36.2 Å². The fourth-order valence-electron chi connectivity index (χ4n) is 2.68. The molecule has 2 rings (SSSR count). The Labute approximate surface area is 157 Å². The van der Waals surface area contributed by atoms with E-state index in [1.165, 1.54) is 21.3 Å². The van der Waals surface area contributed by atoms with Crippen LogP contribution in [0.5, 0.6) is 17.2 Å². The minimum absolute atomic E-state index is 0.0133. The number of carboxylic acid groups (broad SMARTS) is 1. The molecule has 27 heavy (non-hydrogen) atoms. The van der Waals surface area contributed by atoms with Gasteiger partial charge in [-0.15, -0.1) is 0 Å². The number of methoxy groups -OCH3 is 3. The molecule has 1 amide bonds. The fraction of sp³-hybridized carbons (Fsp3) is 0.300. The van der Waals surface area contributed by atoms with Crippen molar-refractivity contribution in [1.29, 1.82) is 0 Å². The summed E-state index contributed by atoms with van der Waals surface area (Å²) in [5.41, 5.74) is 1.13. The smallest absolute Gasteiger partial charge is 0.308 e. The highest BCUT2D eigenvalue weighted by atomic mass is 16.5. The minimum Gasteiger partial charge on any atom is -0.496 e. The highest BCUT2D eigenvalue weighted by Crippen LogP contribution is 2.27. The van der Waals surface area contributed by atoms with E-state index in [4.69, 9.17) is 14.2 Å². The highest BCUT2D eigenvalue weighted by Gasteiger charge is 2.21. The summed E-state index contributed by atoms with van der Waals surface area (Å²) in [7, 11) is 4.52. The van der Waals surface area contributed by atoms with Gasteiger partial charge < -0.3 is 24.6 Å². The van der Waals surface area contributed by atoms with Crippen molar-refractivity contribution in [1.82, 2.24) is 5.32 Å². The summed E-state index contributed by atoms with van der Waals surface area (Å²) in [6, 6.07) is 12.0. The zero-order valence-electron chi connectivity index (χ0n) is 15.5. The molecule has 0 bridgehead atoms. The molecular weight excluding hydrogens is 350 g/mol. The van der Waals surface area contributed by atoms with Gasteiger partial charge in [0.15, 0.2) is 11.5 Å². The van der Waals surface area contributed by atoms with Crippen LogP contribution in [0, 0.1) is 5.92 Å². The molecule has 7 nitrogen and oxygen atoms in total. The molecule has 0 aliphatic heterocycles. The number of carbonyl (C=O) groups is 2. The van der Waals surface area contributed by atoms with E-state index in [-0.39, 0.29) is 18.9 Å². The third kappa shape index (κ3) is 5.13. The normalized spacial score (nSPS) is 11.4. The number of benzene rings is 2. The lowest BCUT2D eigenvalue weighted by Gasteiger charge is -2.16. The van der Waals surface area contributed by atoms with Gasteiger partial charge in [-0.2, -0.15) is 0 Å². The van der Waals surface area contributed by atoms with Gasteiger partial charge in [0.05, 0.1) is 27.2 Å². The molecule has 0 saturated heterocycles. The van der Waals surface area contributed by atoms with E-state index in [1.807, 2.05) is 18.2 Å². The van der Waals surface area contributed by atoms with Crippen LogP contribution in [0.15, 0.2) is 42.5 Å². The van der Waals surface area contributed by atoms with Crippen LogP contribution in [0.3, 0.4) is 0 Å². The molecule has 0 aromatic heterocycles. The Kier molecular flexibility index (Phi) is 7.05. The van der Waals surface area contributed by atoms with Gasteiger partial charge in [0.25, 0.3) is 5.91 Å². The van der Waals surface area contributed by atoms with E-state index < -0.39 is 11.9 Å². The maximum atomic E-state index is 12.4. The van der Waals surface area contributed by atoms with E-state index >= 15 is 0 Å². The lowest BCUT2D eigenvalue weighted by Crippen LogP contribution is -2.34. The van der Waals surface area contributed by atoms with Crippen LogP contribution < -0.4 is 19.5 Å². The molecule has 0 spiro atoms. The molecule has 0 heterocycles. The van der Waals surface area contributed by atoms with E-state index in [1.54, 1.807) is 24.3 Å². The molecule has 0 saturated carbocycles. The van der Waals surface area contributed by atoms with Crippen molar-refractivity contribution in [2.75, 3.05) is 27.9 Å². The van der Waals surface area contributed by atoms with Gasteiger partial charge in [-0.3, -0.25) is 9.59 Å². The zero-order valence-corrected chi connectivity index (χ0v) is 15.5. The molecule has 0 aliphatic carbocycles. The summed E-state index contributed by atoms with van der Waals surface area (Å²) in [6.45, 7) is -0.0133. The molecule has 7 heteroatoms. The Balaban J connectivity index is 2.07. The number of para-hydroxylation sites is 1. The maximum Gasteiger partial charge on any atom is 0.308 e. The third-order valence-electron chi connectivity index (χ3n) is 4.16. The van der Waals surface area contributed by atoms with Crippen molar-refractivity contribution in [3.63, 3.8) is 0 Å². The number of nitrogens with one attached hydrogen (secondary N) is 1. The Morgan fingerprint density at radius 1 is 0.963 bits per heavy atom. The maximum absolute atomic E-state index is 12.4. The lowest BCUT2D eigenvalue weighted by molar-refractivity contribution is -0.141. The number of amides is 1. The number of aliphatic carboxylic acids is 1. The molecule has 2 N–H and O–H groups in total. The lowest BCUT2D eigenvalue weighted by atomic mass is 9.98. The fourth-order valence-corrected chi connectivity index (χ4v) is 2.68. The molecule has 2 aromatic rings. The van der Waals surface area contributed by atoms with Crippen molar-refractivity contribution in [2.45, 2.75) is 6.42 Å². The van der Waals surface area contributed by atoms with Gasteiger partial charge in [0.1, 0.15) is 5.75 Å². The van der Waals surface area contributed by atoms with Crippen molar-refractivity contribution < 1.29 is 28.9 Å². The first-order chi connectivity index (χ1) is 13.0. The molecule has 1 unspecified atom stereocenters. The van der Waals surface area contributed by atoms with Gasteiger partial charge in [-0.25, -0.2) is 0 Å². The summed E-state index contributed by atoms with van der Waals surface area (Å²) < 4.78 is 15.6. The van der Waals surface area contributed by atoms with Gasteiger partial charge in [0.2, 0.25) is 0 Å². The highest BCUT2D eigenvalue weighted by molar-refractivity contribution is 5.95. The average molecular weight is 373 g/mol. The van der Waals surface area contributed by atoms with E-state index in [2.05, 4.69) is 5.32 Å². The summed E-state index contributed by atoms with van der Waals surface area (Å²) in [4.78, 5) is 24.0. The molecule has 1 atom stereocenters. The van der Waals surface area contributed by atoms with Crippen LogP contribution in [-0.2, 0) is 11.2 Å². The topological polar surface area (TPSA) is 94.1 Å². The monoisotopic (exact) mass is 373 g/mol. The zero-order chi connectivity index (χ0) is 19.8. The Morgan fingerprint density at radius 2 is 1.63 bits per heavy atom. The van der Waals surface area contributed by atoms with Gasteiger partial charge >= 0.3 is 5.97 Å². The number of hydrogen-bond donors (Lipinski definition) is 2. The number of carbonyl (C=O) groups excluding carboxylic acids is 1. The first-order valence-corrected chi connectivity index (χ1v) is 8.35. The van der Waals surface area contributed by atoms with Gasteiger partial charge in [-0.1, -0.05) is 18.2 Å². The van der Waals surface area contributed by atoms with Crippen molar-refractivity contribution in [3.05, 3.63) is 53.6 Å². The third-order valence-corrected chi connectivity index (χ3v) is 4.16. The summed E-state index contributed by atoms with van der Waals surface area (Å²) in [5.74, 6) is -0.612. The van der Waals surface area contributed by atoms with E-state index in [0.717, 1.165) is 5.56 Å². The summed E-state index contributed by atoms with van der Waals surface area (Å²) >= 11 is 0. The molecule has 0 fully saturated rings. The summed E-state index contributed by atoms with van der Waals surface area (Å²) in [6.07, 6.45) is 0.242. The quantitative estimate of drug-likeness (QED) is 0.701. The predicted molar refractivity (Wildman–Crippen MR) is 99.7 cm³/mol. The molecule has 144 valence electrons. The second-order valence-electron chi connectivity index (χ2n) is 5.83. The van der Waals surface area contributed by atoms with Crippen LogP contribution in [-0.4, -0.2) is 44.9 Å². The van der Waals surface area contributed by atoms with Crippen LogP contribution in [0.4, 0.5) is 0 Å². The van der Waals surface area contributed by atoms with E-state index in [9.17, 15) is 14.7 Å². The Hall–Kier alpha value is -3.22. The Morgan fingerprint density at radius 3 is 2.26 bits per heavy atom. The van der Waals surface area contributed by atoms with Crippen LogP contribution in [0.2, 0.25) is 0 Å². The first-order valence-electron chi connectivity index (χ1n) is 8.35. The number of hydrogen-bond acceptors (Lipinski definition) is 5. The Bertz CT molecular complexity index is 805. The van der Waals surface area contributed by atoms with Crippen molar-refractivity contribution in [2.24, 2.45) is 5.92 Å². The second kappa shape index (κ2) is 9.47. The number of rotatable bonds is 9. The van der Waals surface area contributed by atoms with Gasteiger partial charge in [0, 0.05) is 12.1 Å². The molecule has 0 aliphatic rings. The molecule has 2 aromatic carbocycles. The molecule has 0 radical (unpaired) electrons. The SMILES string of the molecule is COc1ccccc1CC(CNC(=O)c1ccc(OC)c(OC)c1)C(=O)O. The average Bonchev–Trinajstić information content (AvgIpc) is 2.70. The molecular formula is C20H23NO6. The summed E-state index contributed by atoms with van der Waals surface area (Å²) in [5, 5.41) is 12.2. The largest absolute Gasteiger partial charge is 0.496 e. The number of carboxylic acids is 1. The second-order valence-corrected chi connectivity index (χ2v) is 5.83. The van der Waals surface area contributed by atoms with Crippen LogP contribution >= 0.6 is 0 Å². The van der Waals surface area contributed by atoms with Crippen LogP contribution in [0.25, 0.3) is 0 Å². The van der Waals surface area contributed by atoms with E-state index in [0.29, 0.717) is 22.8 Å². The standard InChI is InChI=1S/C20H23NO6/c1-25-16-7-5-4-6-13(16)10-15(20(23)24)12-21-19(22)14-8-9-17(26-2)18(11-14)27-3/h4-9,11,15H,10,12H2,1-3H3,(H,21,22)(H,23,24).